The summed E-state index contributed by atoms with van der Waals surface area (Å²) in [4.78, 5) is 0. The van der Waals surface area contributed by atoms with E-state index in [-0.39, 0.29) is 0 Å². The molecule has 0 bridgehead atoms. The molecule has 0 aliphatic heterocycles. The van der Waals surface area contributed by atoms with Crippen LogP contribution in [0.3, 0.4) is 0 Å². The Kier molecular flexibility index (Phi) is 2.45. The lowest BCUT2D eigenvalue weighted by Crippen LogP contribution is -1.98. The molecule has 70 valence electrons. The molecule has 1 aliphatic carbocycles. The van der Waals surface area contributed by atoms with Crippen LogP contribution in [0.15, 0.2) is 24.3 Å². The highest BCUT2D eigenvalue weighted by Crippen LogP contribution is 2.34. The van der Waals surface area contributed by atoms with Crippen LogP contribution >= 0.6 is 11.6 Å². The summed E-state index contributed by atoms with van der Waals surface area (Å²) in [5.74, 6) is 2.23. The first-order chi connectivity index (χ1) is 6.29. The Morgan fingerprint density at radius 3 is 2.92 bits per heavy atom. The molecule has 0 amide bonds. The number of halogens is 1. The molecule has 1 aromatic rings. The minimum Gasteiger partial charge on any atom is -0.490 e. The molecule has 0 spiro atoms. The monoisotopic (exact) mass is 196 g/mol. The second-order valence-corrected chi connectivity index (χ2v) is 3.92. The number of benzene rings is 1. The van der Waals surface area contributed by atoms with Crippen molar-refractivity contribution in [2.45, 2.75) is 25.3 Å². The Labute approximate surface area is 83.7 Å². The zero-order valence-corrected chi connectivity index (χ0v) is 8.42. The van der Waals surface area contributed by atoms with Crippen molar-refractivity contribution in [1.29, 1.82) is 0 Å². The minimum absolute atomic E-state index is 0.436. The van der Waals surface area contributed by atoms with E-state index in [9.17, 15) is 0 Å². The summed E-state index contributed by atoms with van der Waals surface area (Å²) < 4.78 is 5.72. The van der Waals surface area contributed by atoms with E-state index in [2.05, 4.69) is 6.92 Å². The third-order valence-electron chi connectivity index (χ3n) is 2.38. The predicted octanol–water partition coefficient (Wildman–Crippen LogP) is 3.21. The largest absolute Gasteiger partial charge is 0.490 e. The summed E-state index contributed by atoms with van der Waals surface area (Å²) in [6, 6.07) is 8.00. The molecule has 2 rings (SSSR count). The molecule has 1 aliphatic rings. The van der Waals surface area contributed by atoms with Gasteiger partial charge in [0, 0.05) is 5.88 Å². The molecular weight excluding hydrogens is 184 g/mol. The molecule has 0 heterocycles. The second-order valence-electron chi connectivity index (χ2n) is 3.65. The van der Waals surface area contributed by atoms with Crippen LogP contribution < -0.4 is 4.74 Å². The Balaban J connectivity index is 2.03. The topological polar surface area (TPSA) is 9.23 Å². The number of rotatable bonds is 3. The third-order valence-corrected chi connectivity index (χ3v) is 2.68. The van der Waals surface area contributed by atoms with Crippen LogP contribution in [0.2, 0.25) is 0 Å². The van der Waals surface area contributed by atoms with Gasteiger partial charge >= 0.3 is 0 Å². The van der Waals surface area contributed by atoms with Crippen LogP contribution in [-0.2, 0) is 5.88 Å². The molecule has 2 heteroatoms. The lowest BCUT2D eigenvalue weighted by Gasteiger charge is -2.05. The van der Waals surface area contributed by atoms with Gasteiger partial charge in [0.25, 0.3) is 0 Å². The summed E-state index contributed by atoms with van der Waals surface area (Å²) >= 11 is 5.72. The Bertz CT molecular complexity index is 298. The predicted molar refractivity (Wildman–Crippen MR) is 54.2 cm³/mol. The molecule has 1 fully saturated rings. The summed E-state index contributed by atoms with van der Waals surface area (Å²) in [5, 5.41) is 0. The van der Waals surface area contributed by atoms with E-state index in [1.54, 1.807) is 0 Å². The lowest BCUT2D eigenvalue weighted by molar-refractivity contribution is 0.288. The van der Waals surface area contributed by atoms with Crippen molar-refractivity contribution in [1.82, 2.24) is 0 Å². The third kappa shape index (κ3) is 2.16. The maximum Gasteiger partial charge on any atom is 0.120 e. The van der Waals surface area contributed by atoms with Crippen LogP contribution in [0.4, 0.5) is 0 Å². The summed E-state index contributed by atoms with van der Waals surface area (Å²) in [6.07, 6.45) is 1.62. The fraction of sp³-hybridized carbons (Fsp3) is 0.455. The fourth-order valence-electron chi connectivity index (χ4n) is 1.33. The smallest absolute Gasteiger partial charge is 0.120 e. The summed E-state index contributed by atoms with van der Waals surface area (Å²) in [7, 11) is 0. The zero-order chi connectivity index (χ0) is 9.26. The number of ether oxygens (including phenoxy) is 1. The Morgan fingerprint density at radius 1 is 1.54 bits per heavy atom. The molecule has 1 saturated carbocycles. The quantitative estimate of drug-likeness (QED) is 0.675. The van der Waals surface area contributed by atoms with E-state index in [0.29, 0.717) is 12.0 Å². The highest BCUT2D eigenvalue weighted by molar-refractivity contribution is 6.17. The van der Waals surface area contributed by atoms with Gasteiger partial charge in [-0.2, -0.15) is 0 Å². The minimum atomic E-state index is 0.436. The van der Waals surface area contributed by atoms with Gasteiger partial charge in [-0.3, -0.25) is 0 Å². The van der Waals surface area contributed by atoms with E-state index in [1.165, 1.54) is 6.42 Å². The molecular formula is C11H13ClO. The molecule has 0 unspecified atom stereocenters. The maximum absolute atomic E-state index is 5.72. The first-order valence-electron chi connectivity index (χ1n) is 4.61. The van der Waals surface area contributed by atoms with E-state index in [4.69, 9.17) is 16.3 Å². The van der Waals surface area contributed by atoms with Gasteiger partial charge in [-0.1, -0.05) is 19.1 Å². The van der Waals surface area contributed by atoms with E-state index in [1.807, 2.05) is 24.3 Å². The van der Waals surface area contributed by atoms with Crippen molar-refractivity contribution in [3.05, 3.63) is 29.8 Å². The summed E-state index contributed by atoms with van der Waals surface area (Å²) in [5.41, 5.74) is 1.12. The Morgan fingerprint density at radius 2 is 2.31 bits per heavy atom. The molecule has 0 N–H and O–H groups in total. The number of hydrogen-bond donors (Lipinski definition) is 0. The first kappa shape index (κ1) is 8.89. The standard InChI is InChI=1S/C11H13ClO/c1-8-5-11(8)13-10-4-2-3-9(6-10)7-12/h2-4,6,8,11H,5,7H2,1H3/t8-,11+/m0/s1. The molecule has 1 aromatic carbocycles. The average Bonchev–Trinajstić information content (AvgIpc) is 2.82. The lowest BCUT2D eigenvalue weighted by atomic mass is 10.2. The van der Waals surface area contributed by atoms with Crippen molar-refractivity contribution in [3.8, 4) is 5.75 Å². The molecule has 1 nitrogen and oxygen atoms in total. The number of alkyl halides is 1. The van der Waals surface area contributed by atoms with Crippen molar-refractivity contribution < 1.29 is 4.74 Å². The molecule has 0 radical (unpaired) electrons. The van der Waals surface area contributed by atoms with Gasteiger partial charge in [0.2, 0.25) is 0 Å². The molecule has 0 aromatic heterocycles. The van der Waals surface area contributed by atoms with Crippen molar-refractivity contribution in [3.63, 3.8) is 0 Å². The average molecular weight is 197 g/mol. The van der Waals surface area contributed by atoms with E-state index < -0.39 is 0 Å². The van der Waals surface area contributed by atoms with Gasteiger partial charge in [-0.15, -0.1) is 11.6 Å². The van der Waals surface area contributed by atoms with E-state index in [0.717, 1.165) is 17.2 Å². The second kappa shape index (κ2) is 3.59. The van der Waals surface area contributed by atoms with Crippen molar-refractivity contribution in [2.24, 2.45) is 5.92 Å². The highest BCUT2D eigenvalue weighted by atomic mass is 35.5. The van der Waals surface area contributed by atoms with Gasteiger partial charge < -0.3 is 4.74 Å². The highest BCUT2D eigenvalue weighted by Gasteiger charge is 2.34. The summed E-state index contributed by atoms with van der Waals surface area (Å²) in [6.45, 7) is 2.20. The van der Waals surface area contributed by atoms with Gasteiger partial charge in [0.15, 0.2) is 0 Å². The number of hydrogen-bond acceptors (Lipinski definition) is 1. The first-order valence-corrected chi connectivity index (χ1v) is 5.14. The van der Waals surface area contributed by atoms with Crippen molar-refractivity contribution >= 4 is 11.6 Å². The fourth-order valence-corrected chi connectivity index (χ4v) is 1.50. The Hall–Kier alpha value is -0.690. The van der Waals surface area contributed by atoms with Crippen LogP contribution in [0.5, 0.6) is 5.75 Å². The molecule has 13 heavy (non-hydrogen) atoms. The van der Waals surface area contributed by atoms with Crippen molar-refractivity contribution in [2.75, 3.05) is 0 Å². The normalized spacial score (nSPS) is 25.7. The van der Waals surface area contributed by atoms with Crippen LogP contribution in [0, 0.1) is 5.92 Å². The molecule has 2 atom stereocenters. The van der Waals surface area contributed by atoms with Gasteiger partial charge in [-0.25, -0.2) is 0 Å². The van der Waals surface area contributed by atoms with Crippen LogP contribution in [0.25, 0.3) is 0 Å². The van der Waals surface area contributed by atoms with Gasteiger partial charge in [-0.05, 0) is 30.0 Å². The maximum atomic E-state index is 5.72. The zero-order valence-electron chi connectivity index (χ0n) is 7.66. The van der Waals surface area contributed by atoms with E-state index >= 15 is 0 Å². The SMILES string of the molecule is C[C@H]1C[C@H]1Oc1cccc(CCl)c1. The van der Waals surface area contributed by atoms with Gasteiger partial charge in [0.1, 0.15) is 11.9 Å². The van der Waals surface area contributed by atoms with Crippen LogP contribution in [0.1, 0.15) is 18.9 Å². The van der Waals surface area contributed by atoms with Gasteiger partial charge in [0.05, 0.1) is 0 Å². The molecule has 0 saturated heterocycles. The van der Waals surface area contributed by atoms with Crippen LogP contribution in [-0.4, -0.2) is 6.10 Å².